The first-order valence-corrected chi connectivity index (χ1v) is 9.10. The summed E-state index contributed by atoms with van der Waals surface area (Å²) in [6.45, 7) is 4.36. The maximum absolute atomic E-state index is 12.9. The zero-order chi connectivity index (χ0) is 17.6. The number of nitrogens with one attached hydrogen (secondary N) is 1. The van der Waals surface area contributed by atoms with Crippen LogP contribution in [0.15, 0.2) is 24.3 Å². The molecule has 0 aliphatic carbocycles. The Morgan fingerprint density at radius 2 is 1.84 bits per heavy atom. The maximum atomic E-state index is 12.9. The summed E-state index contributed by atoms with van der Waals surface area (Å²) in [6.07, 6.45) is 3.16. The molecule has 1 aromatic rings. The van der Waals surface area contributed by atoms with Gasteiger partial charge in [-0.3, -0.25) is 14.5 Å². The molecule has 6 nitrogen and oxygen atoms in total. The third kappa shape index (κ3) is 4.38. The zero-order valence-electron chi connectivity index (χ0n) is 14.9. The minimum Gasteiger partial charge on any atom is -0.378 e. The molecule has 2 aliphatic rings. The van der Waals surface area contributed by atoms with E-state index in [1.807, 2.05) is 29.2 Å². The van der Waals surface area contributed by atoms with Crippen LogP contribution < -0.4 is 5.32 Å². The molecule has 0 radical (unpaired) electrons. The second-order valence-corrected chi connectivity index (χ2v) is 6.70. The van der Waals surface area contributed by atoms with Crippen molar-refractivity contribution in [1.82, 2.24) is 15.1 Å². The summed E-state index contributed by atoms with van der Waals surface area (Å²) >= 11 is 0. The largest absolute Gasteiger partial charge is 0.378 e. The molecule has 25 heavy (non-hydrogen) atoms. The molecule has 0 aromatic heterocycles. The van der Waals surface area contributed by atoms with Crippen molar-refractivity contribution in [1.29, 1.82) is 0 Å². The standard InChI is InChI=1S/C19H27N3O3/c1-20-18(23)16-7-5-15(6-8-16)14-22-9-3-2-4-17(22)19(24)21-10-12-25-13-11-21/h5-8,17H,2-4,9-14H2,1H3,(H,20,23). The van der Waals surface area contributed by atoms with Crippen LogP contribution in [0.25, 0.3) is 0 Å². The van der Waals surface area contributed by atoms with Gasteiger partial charge in [0, 0.05) is 32.2 Å². The number of piperidine rings is 1. The van der Waals surface area contributed by atoms with Crippen LogP contribution in [0.5, 0.6) is 0 Å². The van der Waals surface area contributed by atoms with Crippen molar-refractivity contribution in [3.63, 3.8) is 0 Å². The van der Waals surface area contributed by atoms with E-state index in [2.05, 4.69) is 10.2 Å². The first-order valence-electron chi connectivity index (χ1n) is 9.10. The molecule has 0 bridgehead atoms. The van der Waals surface area contributed by atoms with E-state index in [0.29, 0.717) is 31.9 Å². The van der Waals surface area contributed by atoms with Gasteiger partial charge in [0.25, 0.3) is 5.91 Å². The maximum Gasteiger partial charge on any atom is 0.251 e. The molecule has 1 atom stereocenters. The predicted octanol–water partition coefficient (Wildman–Crippen LogP) is 1.26. The summed E-state index contributed by atoms with van der Waals surface area (Å²) in [5.74, 6) is 0.162. The highest BCUT2D eigenvalue weighted by Gasteiger charge is 2.32. The van der Waals surface area contributed by atoms with Crippen molar-refractivity contribution in [2.75, 3.05) is 39.9 Å². The summed E-state index contributed by atoms with van der Waals surface area (Å²) in [6, 6.07) is 7.61. The molecule has 2 fully saturated rings. The molecule has 1 aromatic carbocycles. The van der Waals surface area contributed by atoms with Crippen LogP contribution >= 0.6 is 0 Å². The van der Waals surface area contributed by atoms with E-state index < -0.39 is 0 Å². The summed E-state index contributed by atoms with van der Waals surface area (Å²) in [5, 5.41) is 2.63. The van der Waals surface area contributed by atoms with Gasteiger partial charge in [0.1, 0.15) is 0 Å². The van der Waals surface area contributed by atoms with Gasteiger partial charge in [-0.25, -0.2) is 0 Å². The lowest BCUT2D eigenvalue weighted by atomic mass is 9.99. The van der Waals surface area contributed by atoms with E-state index in [-0.39, 0.29) is 17.9 Å². The fourth-order valence-corrected chi connectivity index (χ4v) is 3.59. The minimum atomic E-state index is -0.0788. The molecule has 0 saturated carbocycles. The molecule has 2 saturated heterocycles. The quantitative estimate of drug-likeness (QED) is 0.892. The smallest absolute Gasteiger partial charge is 0.251 e. The number of amides is 2. The normalized spacial score (nSPS) is 21.8. The lowest BCUT2D eigenvalue weighted by Crippen LogP contribution is -2.53. The number of hydrogen-bond donors (Lipinski definition) is 1. The van der Waals surface area contributed by atoms with Crippen LogP contribution in [0.4, 0.5) is 0 Å². The molecule has 2 heterocycles. The van der Waals surface area contributed by atoms with Crippen LogP contribution in [0.2, 0.25) is 0 Å². The van der Waals surface area contributed by atoms with Crippen LogP contribution in [0.1, 0.15) is 35.2 Å². The molecule has 1 N–H and O–H groups in total. The van der Waals surface area contributed by atoms with Gasteiger partial charge in [0.2, 0.25) is 5.91 Å². The van der Waals surface area contributed by atoms with Gasteiger partial charge in [-0.15, -0.1) is 0 Å². The monoisotopic (exact) mass is 345 g/mol. The average Bonchev–Trinajstić information content (AvgIpc) is 2.68. The van der Waals surface area contributed by atoms with Crippen LogP contribution in [-0.4, -0.2) is 67.6 Å². The van der Waals surface area contributed by atoms with Crippen LogP contribution in [-0.2, 0) is 16.1 Å². The highest BCUT2D eigenvalue weighted by molar-refractivity contribution is 5.93. The molecule has 1 unspecified atom stereocenters. The van der Waals surface area contributed by atoms with E-state index in [1.54, 1.807) is 7.05 Å². The summed E-state index contributed by atoms with van der Waals surface area (Å²) in [5.41, 5.74) is 1.79. The molecule has 6 heteroatoms. The Bertz CT molecular complexity index is 596. The van der Waals surface area contributed by atoms with Gasteiger partial charge in [-0.1, -0.05) is 18.6 Å². The van der Waals surface area contributed by atoms with E-state index in [9.17, 15) is 9.59 Å². The second-order valence-electron chi connectivity index (χ2n) is 6.70. The molecule has 3 rings (SSSR count). The van der Waals surface area contributed by atoms with Crippen LogP contribution in [0.3, 0.4) is 0 Å². The van der Waals surface area contributed by atoms with E-state index in [0.717, 1.165) is 37.9 Å². The average molecular weight is 345 g/mol. The van der Waals surface area contributed by atoms with Gasteiger partial charge >= 0.3 is 0 Å². The molecule has 0 spiro atoms. The molecule has 2 amide bonds. The Kier molecular flexibility index (Phi) is 6.04. The van der Waals surface area contributed by atoms with Gasteiger partial charge in [0.15, 0.2) is 0 Å². The minimum absolute atomic E-state index is 0.0366. The van der Waals surface area contributed by atoms with Gasteiger partial charge in [-0.05, 0) is 37.1 Å². The number of ether oxygens (including phenoxy) is 1. The Hall–Kier alpha value is -1.92. The van der Waals surface area contributed by atoms with E-state index in [4.69, 9.17) is 4.74 Å². The Morgan fingerprint density at radius 1 is 1.12 bits per heavy atom. The Morgan fingerprint density at radius 3 is 2.52 bits per heavy atom. The zero-order valence-corrected chi connectivity index (χ0v) is 14.9. The Balaban J connectivity index is 1.66. The third-order valence-corrected chi connectivity index (χ3v) is 5.05. The summed E-state index contributed by atoms with van der Waals surface area (Å²) < 4.78 is 5.36. The molecule has 136 valence electrons. The summed E-state index contributed by atoms with van der Waals surface area (Å²) in [7, 11) is 1.63. The number of carbonyl (C=O) groups is 2. The molecular weight excluding hydrogens is 318 g/mol. The van der Waals surface area contributed by atoms with Crippen molar-refractivity contribution < 1.29 is 14.3 Å². The number of likely N-dealkylation sites (tertiary alicyclic amines) is 1. The highest BCUT2D eigenvalue weighted by atomic mass is 16.5. The van der Waals surface area contributed by atoms with Crippen molar-refractivity contribution in [2.24, 2.45) is 0 Å². The second kappa shape index (κ2) is 8.45. The fourth-order valence-electron chi connectivity index (χ4n) is 3.59. The van der Waals surface area contributed by atoms with Gasteiger partial charge in [-0.2, -0.15) is 0 Å². The number of morpholine rings is 1. The fraction of sp³-hybridized carbons (Fsp3) is 0.579. The number of carbonyl (C=O) groups excluding carboxylic acids is 2. The van der Waals surface area contributed by atoms with Crippen molar-refractivity contribution in [3.05, 3.63) is 35.4 Å². The topological polar surface area (TPSA) is 61.9 Å². The van der Waals surface area contributed by atoms with E-state index >= 15 is 0 Å². The van der Waals surface area contributed by atoms with Gasteiger partial charge < -0.3 is 15.0 Å². The number of rotatable bonds is 4. The number of benzene rings is 1. The van der Waals surface area contributed by atoms with Crippen molar-refractivity contribution in [3.8, 4) is 0 Å². The van der Waals surface area contributed by atoms with E-state index in [1.165, 1.54) is 0 Å². The summed E-state index contributed by atoms with van der Waals surface area (Å²) in [4.78, 5) is 28.8. The first kappa shape index (κ1) is 17.9. The molecule has 2 aliphatic heterocycles. The highest BCUT2D eigenvalue weighted by Crippen LogP contribution is 2.22. The predicted molar refractivity (Wildman–Crippen MR) is 95.3 cm³/mol. The van der Waals surface area contributed by atoms with Crippen molar-refractivity contribution in [2.45, 2.75) is 31.8 Å². The van der Waals surface area contributed by atoms with Crippen molar-refractivity contribution >= 4 is 11.8 Å². The Labute approximate surface area is 149 Å². The SMILES string of the molecule is CNC(=O)c1ccc(CN2CCCCC2C(=O)N2CCOCC2)cc1. The third-order valence-electron chi connectivity index (χ3n) is 5.05. The van der Waals surface area contributed by atoms with Gasteiger partial charge in [0.05, 0.1) is 19.3 Å². The molecular formula is C19H27N3O3. The first-order chi connectivity index (χ1) is 12.2. The lowest BCUT2D eigenvalue weighted by Gasteiger charge is -2.38. The number of nitrogens with zero attached hydrogens (tertiary/aromatic N) is 2. The van der Waals surface area contributed by atoms with Crippen LogP contribution in [0, 0.1) is 0 Å². The lowest BCUT2D eigenvalue weighted by molar-refractivity contribution is -0.142. The number of hydrogen-bond acceptors (Lipinski definition) is 4.